The molecule has 0 unspecified atom stereocenters. The molecule has 1 saturated heterocycles. The number of hydrogen-bond acceptors (Lipinski definition) is 5. The van der Waals surface area contributed by atoms with Crippen LogP contribution in [0.1, 0.15) is 66.2 Å². The molecule has 3 atom stereocenters. The van der Waals surface area contributed by atoms with E-state index in [1.807, 2.05) is 39.8 Å². The predicted octanol–water partition coefficient (Wildman–Crippen LogP) is 3.00. The van der Waals surface area contributed by atoms with Crippen molar-refractivity contribution in [3.8, 4) is 0 Å². The van der Waals surface area contributed by atoms with Crippen LogP contribution in [0.4, 0.5) is 0 Å². The highest BCUT2D eigenvalue weighted by Crippen LogP contribution is 2.27. The van der Waals surface area contributed by atoms with Crippen molar-refractivity contribution in [3.05, 3.63) is 12.2 Å². The van der Waals surface area contributed by atoms with Gasteiger partial charge < -0.3 is 14.4 Å². The molecule has 6 heteroatoms. The first kappa shape index (κ1) is 20.5. The predicted molar refractivity (Wildman–Crippen MR) is 97.2 cm³/mol. The summed E-state index contributed by atoms with van der Waals surface area (Å²) in [4.78, 5) is 39.1. The normalized spacial score (nSPS) is 29.2. The van der Waals surface area contributed by atoms with Crippen molar-refractivity contribution in [1.82, 2.24) is 4.90 Å². The van der Waals surface area contributed by atoms with Crippen LogP contribution < -0.4 is 0 Å². The minimum Gasteiger partial charge on any atom is -0.460 e. The van der Waals surface area contributed by atoms with Gasteiger partial charge in [0.1, 0.15) is 11.7 Å². The summed E-state index contributed by atoms with van der Waals surface area (Å²) in [7, 11) is 0. The molecule has 0 aromatic rings. The van der Waals surface area contributed by atoms with Gasteiger partial charge in [-0.1, -0.05) is 12.2 Å². The number of esters is 2. The molecular weight excluding hydrogens is 334 g/mol. The Kier molecular flexibility index (Phi) is 6.84. The first-order valence-electron chi connectivity index (χ1n) is 9.54. The van der Waals surface area contributed by atoms with Crippen molar-refractivity contribution in [3.63, 3.8) is 0 Å². The fourth-order valence-corrected chi connectivity index (χ4v) is 3.57. The van der Waals surface area contributed by atoms with E-state index in [1.165, 1.54) is 0 Å². The third-order valence-corrected chi connectivity index (χ3v) is 4.73. The van der Waals surface area contributed by atoms with Crippen LogP contribution in [-0.4, -0.2) is 47.0 Å². The zero-order valence-corrected chi connectivity index (χ0v) is 16.3. The Labute approximate surface area is 155 Å². The van der Waals surface area contributed by atoms with Gasteiger partial charge >= 0.3 is 11.9 Å². The van der Waals surface area contributed by atoms with E-state index >= 15 is 0 Å². The standard InChI is InChI=1S/C20H31NO5/c1-14-16-10-8-12-21(16)19(24)15(13-18(23)26-20(2,3)4)9-6-5-7-11-17(22)25-14/h5-6,14-16H,7-13H2,1-4H3/b6-5+/t14-,15-,16-/m0/s1. The van der Waals surface area contributed by atoms with Crippen molar-refractivity contribution in [1.29, 1.82) is 0 Å². The van der Waals surface area contributed by atoms with Crippen molar-refractivity contribution in [2.45, 2.75) is 84.0 Å². The number of nitrogens with zero attached hydrogens (tertiary/aromatic N) is 1. The molecule has 6 nitrogen and oxygen atoms in total. The van der Waals surface area contributed by atoms with Crippen LogP contribution >= 0.6 is 0 Å². The Hall–Kier alpha value is -1.85. The van der Waals surface area contributed by atoms with Gasteiger partial charge in [0, 0.05) is 13.0 Å². The molecule has 1 fully saturated rings. The zero-order chi connectivity index (χ0) is 19.3. The number of fused-ring (bicyclic) bond motifs is 1. The smallest absolute Gasteiger partial charge is 0.307 e. The lowest BCUT2D eigenvalue weighted by Crippen LogP contribution is -2.46. The number of amides is 1. The molecule has 26 heavy (non-hydrogen) atoms. The summed E-state index contributed by atoms with van der Waals surface area (Å²) in [6.07, 6.45) is 6.58. The lowest BCUT2D eigenvalue weighted by Gasteiger charge is -2.32. The highest BCUT2D eigenvalue weighted by molar-refractivity contribution is 5.84. The second-order valence-electron chi connectivity index (χ2n) is 8.17. The molecule has 2 heterocycles. The Bertz CT molecular complexity index is 563. The second-order valence-corrected chi connectivity index (χ2v) is 8.17. The maximum atomic E-state index is 13.1. The van der Waals surface area contributed by atoms with Gasteiger partial charge in [0.25, 0.3) is 0 Å². The number of hydrogen-bond donors (Lipinski definition) is 0. The van der Waals surface area contributed by atoms with E-state index in [0.29, 0.717) is 25.8 Å². The molecule has 0 aliphatic carbocycles. The van der Waals surface area contributed by atoms with Crippen molar-refractivity contribution >= 4 is 17.8 Å². The second kappa shape index (κ2) is 8.69. The number of carbonyl (C=O) groups is 3. The van der Waals surface area contributed by atoms with E-state index in [2.05, 4.69) is 0 Å². The van der Waals surface area contributed by atoms with Gasteiger partial charge in [0.05, 0.1) is 18.4 Å². The highest BCUT2D eigenvalue weighted by Gasteiger charge is 2.38. The van der Waals surface area contributed by atoms with Gasteiger partial charge in [0.15, 0.2) is 0 Å². The lowest BCUT2D eigenvalue weighted by molar-refractivity contribution is -0.159. The lowest BCUT2D eigenvalue weighted by atomic mass is 9.97. The van der Waals surface area contributed by atoms with Crippen LogP contribution in [0.15, 0.2) is 12.2 Å². The van der Waals surface area contributed by atoms with E-state index in [9.17, 15) is 14.4 Å². The number of cyclic esters (lactones) is 1. The van der Waals surface area contributed by atoms with Gasteiger partial charge in [-0.25, -0.2) is 0 Å². The average molecular weight is 365 g/mol. The Balaban J connectivity index is 2.17. The third-order valence-electron chi connectivity index (χ3n) is 4.73. The maximum absolute atomic E-state index is 13.1. The van der Waals surface area contributed by atoms with Crippen molar-refractivity contribution in [2.24, 2.45) is 5.92 Å². The fraction of sp³-hybridized carbons (Fsp3) is 0.750. The SMILES string of the molecule is C[C@@H]1OC(=O)CC/C=C/C[C@@H](CC(=O)OC(C)(C)C)C(=O)N2CCC[C@@H]12. The minimum atomic E-state index is -0.569. The number of carbonyl (C=O) groups excluding carboxylic acids is 3. The molecule has 0 aromatic carbocycles. The number of ether oxygens (including phenoxy) is 2. The Morgan fingerprint density at radius 3 is 2.73 bits per heavy atom. The maximum Gasteiger partial charge on any atom is 0.307 e. The van der Waals surface area contributed by atoms with Gasteiger partial charge in [-0.05, 0) is 53.4 Å². The fourth-order valence-electron chi connectivity index (χ4n) is 3.57. The Morgan fingerprint density at radius 1 is 1.31 bits per heavy atom. The van der Waals surface area contributed by atoms with E-state index in [1.54, 1.807) is 4.90 Å². The Morgan fingerprint density at radius 2 is 2.04 bits per heavy atom. The van der Waals surface area contributed by atoms with E-state index in [0.717, 1.165) is 12.8 Å². The summed E-state index contributed by atoms with van der Waals surface area (Å²) >= 11 is 0. The van der Waals surface area contributed by atoms with Crippen molar-refractivity contribution < 1.29 is 23.9 Å². The molecule has 0 bridgehead atoms. The summed E-state index contributed by atoms with van der Waals surface area (Å²) in [6, 6.07) is -0.115. The average Bonchev–Trinajstić information content (AvgIpc) is 2.99. The topological polar surface area (TPSA) is 72.9 Å². The molecular formula is C20H31NO5. The van der Waals surface area contributed by atoms with E-state index in [4.69, 9.17) is 9.47 Å². The molecule has 0 saturated carbocycles. The summed E-state index contributed by atoms with van der Waals surface area (Å²) in [5.74, 6) is -1.07. The zero-order valence-electron chi connectivity index (χ0n) is 16.3. The molecule has 1 amide bonds. The molecule has 146 valence electrons. The molecule has 0 aromatic heterocycles. The van der Waals surface area contributed by atoms with Crippen LogP contribution in [0.5, 0.6) is 0 Å². The molecule has 2 rings (SSSR count). The summed E-state index contributed by atoms with van der Waals surface area (Å²) < 4.78 is 10.9. The van der Waals surface area contributed by atoms with Crippen LogP contribution in [0.2, 0.25) is 0 Å². The van der Waals surface area contributed by atoms with Gasteiger partial charge in [0.2, 0.25) is 5.91 Å². The summed E-state index contributed by atoms with van der Waals surface area (Å²) in [6.45, 7) is 7.94. The first-order chi connectivity index (χ1) is 12.2. The summed E-state index contributed by atoms with van der Waals surface area (Å²) in [5, 5.41) is 0. The molecule has 0 spiro atoms. The van der Waals surface area contributed by atoms with Crippen LogP contribution in [0, 0.1) is 5.92 Å². The molecule has 2 aliphatic heterocycles. The van der Waals surface area contributed by atoms with Crippen molar-refractivity contribution in [2.75, 3.05) is 6.54 Å². The molecule has 0 N–H and O–H groups in total. The highest BCUT2D eigenvalue weighted by atomic mass is 16.6. The number of rotatable bonds is 2. The van der Waals surface area contributed by atoms with E-state index in [-0.39, 0.29) is 36.4 Å². The molecule has 2 aliphatic rings. The monoisotopic (exact) mass is 365 g/mol. The van der Waals surface area contributed by atoms with Crippen LogP contribution in [0.25, 0.3) is 0 Å². The first-order valence-corrected chi connectivity index (χ1v) is 9.54. The molecule has 0 radical (unpaired) electrons. The van der Waals surface area contributed by atoms with Gasteiger partial charge in [-0.3, -0.25) is 14.4 Å². The van der Waals surface area contributed by atoms with Gasteiger partial charge in [-0.2, -0.15) is 0 Å². The third kappa shape index (κ3) is 5.85. The van der Waals surface area contributed by atoms with Gasteiger partial charge in [-0.15, -0.1) is 0 Å². The van der Waals surface area contributed by atoms with Crippen LogP contribution in [0.3, 0.4) is 0 Å². The summed E-state index contributed by atoms with van der Waals surface area (Å²) in [5.41, 5.74) is -0.569. The van der Waals surface area contributed by atoms with Crippen LogP contribution in [-0.2, 0) is 23.9 Å². The number of allylic oxidation sites excluding steroid dienone is 2. The largest absolute Gasteiger partial charge is 0.460 e. The minimum absolute atomic E-state index is 0.0496. The van der Waals surface area contributed by atoms with E-state index < -0.39 is 11.5 Å². The quantitative estimate of drug-likeness (QED) is 0.556.